The molecule has 2 rings (SSSR count). The average molecular weight is 521 g/mol. The summed E-state index contributed by atoms with van der Waals surface area (Å²) in [7, 11) is 1.08. The van der Waals surface area contributed by atoms with Gasteiger partial charge < -0.3 is 35.3 Å². The first-order valence-electron chi connectivity index (χ1n) is 6.15. The van der Waals surface area contributed by atoms with Crippen molar-refractivity contribution in [2.45, 2.75) is 33.4 Å². The molecule has 0 atom stereocenters. The molecule has 0 bridgehead atoms. The summed E-state index contributed by atoms with van der Waals surface area (Å²) in [4.78, 5) is 10.5. The van der Waals surface area contributed by atoms with Crippen LogP contribution in [0.3, 0.4) is 0 Å². The number of rotatable bonds is 1. The number of halogens is 2. The minimum atomic E-state index is -0.622. The Balaban J connectivity index is -0.000000118. The van der Waals surface area contributed by atoms with Gasteiger partial charge in [0.05, 0.1) is 5.91 Å². The predicted molar refractivity (Wildman–Crippen MR) is 83.5 cm³/mol. The largest absolute Gasteiger partial charge is 4.00 e. The quantitative estimate of drug-likeness (QED) is 0.334. The van der Waals surface area contributed by atoms with Crippen LogP contribution < -0.4 is 24.8 Å². The number of allylic oxidation sites excluding steroid dienone is 4. The molecule has 1 N–H and O–H groups in total. The van der Waals surface area contributed by atoms with E-state index in [1.54, 1.807) is 18.2 Å². The van der Waals surface area contributed by atoms with Crippen molar-refractivity contribution in [2.75, 3.05) is 0 Å². The van der Waals surface area contributed by atoms with Crippen molar-refractivity contribution in [1.82, 2.24) is 0 Å². The Morgan fingerprint density at radius 2 is 1.77 bits per heavy atom. The summed E-state index contributed by atoms with van der Waals surface area (Å²) < 4.78 is 0. The Labute approximate surface area is 168 Å². The van der Waals surface area contributed by atoms with E-state index < -0.39 is 5.91 Å². The fourth-order valence-corrected chi connectivity index (χ4v) is 1.29. The van der Waals surface area contributed by atoms with E-state index >= 15 is 0 Å². The van der Waals surface area contributed by atoms with E-state index in [0.717, 1.165) is 21.5 Å². The second-order valence-corrected chi connectivity index (χ2v) is 5.20. The zero-order valence-corrected chi connectivity index (χ0v) is 19.4. The third kappa shape index (κ3) is 16.2. The molecule has 0 spiro atoms. The Hall–Kier alpha value is -0.163. The second-order valence-electron chi connectivity index (χ2n) is 4.20. The smallest absolute Gasteiger partial charge is 1.00 e. The maximum Gasteiger partial charge on any atom is 4.00 e. The van der Waals surface area contributed by atoms with Gasteiger partial charge in [0.15, 0.2) is 0 Å². The molecule has 0 unspecified atom stereocenters. The number of amides is 1. The number of benzene rings is 1. The van der Waals surface area contributed by atoms with Gasteiger partial charge in [-0.3, -0.25) is 6.08 Å². The molecule has 2 radical (unpaired) electrons. The van der Waals surface area contributed by atoms with E-state index in [4.69, 9.17) is 5.73 Å². The van der Waals surface area contributed by atoms with Crippen molar-refractivity contribution >= 4 is 15.4 Å². The van der Waals surface area contributed by atoms with Gasteiger partial charge >= 0.3 is 25.8 Å². The van der Waals surface area contributed by atoms with Crippen molar-refractivity contribution in [3.63, 3.8) is 0 Å². The van der Waals surface area contributed by atoms with Gasteiger partial charge in [0.2, 0.25) is 0 Å². The van der Waals surface area contributed by atoms with Crippen LogP contribution >= 0.6 is 0 Å². The summed E-state index contributed by atoms with van der Waals surface area (Å²) in [6.07, 6.45) is 8.24. The number of hydrogen-bond acceptors (Lipinski definition) is 1. The van der Waals surface area contributed by atoms with Gasteiger partial charge in [0.1, 0.15) is 0 Å². The van der Waals surface area contributed by atoms with Gasteiger partial charge in [-0.25, -0.2) is 11.6 Å². The summed E-state index contributed by atoms with van der Waals surface area (Å²) in [5, 5.41) is 0. The molecule has 0 saturated carbocycles. The predicted octanol–water partition coefficient (Wildman–Crippen LogP) is -1.32. The van der Waals surface area contributed by atoms with Crippen molar-refractivity contribution in [3.8, 4) is 0 Å². The number of carbonyl (C=O) groups is 1. The van der Waals surface area contributed by atoms with Gasteiger partial charge in [0.25, 0.3) is 0 Å². The summed E-state index contributed by atoms with van der Waals surface area (Å²) >= 11 is 0. The van der Waals surface area contributed by atoms with E-state index in [-0.39, 0.29) is 50.7 Å². The molecule has 6 heteroatoms. The van der Waals surface area contributed by atoms with Crippen LogP contribution in [0.4, 0.5) is 0 Å². The molecule has 1 aliphatic carbocycles. The van der Waals surface area contributed by atoms with Crippen LogP contribution in [0.1, 0.15) is 29.3 Å². The number of hydrogen-bond donors (Lipinski definition) is 0. The molecule has 1 aromatic carbocycles. The maximum absolute atomic E-state index is 10.5. The molecule has 22 heavy (non-hydrogen) atoms. The first kappa shape index (κ1) is 29.8. The van der Waals surface area contributed by atoms with Gasteiger partial charge in [-0.15, -0.1) is 13.3 Å². The minimum absolute atomic E-state index is 0. The topological polar surface area (TPSA) is 40.9 Å². The molecular formula is C16H21Cl2HfNOSi. The Bertz CT molecular complexity index is 462. The third-order valence-corrected chi connectivity index (χ3v) is 2.15. The monoisotopic (exact) mass is 521 g/mol. The Morgan fingerprint density at radius 3 is 2.00 bits per heavy atom. The molecule has 0 aliphatic heterocycles. The van der Waals surface area contributed by atoms with Gasteiger partial charge in [-0.1, -0.05) is 42.9 Å². The average Bonchev–Trinajstić information content (AvgIpc) is 2.82. The molecule has 1 aromatic rings. The SMILES string of the molecule is CC1=CC[C-]=C1.C[Si]C.Cc1cccc(C([NH-])=O)c1.[Cl-].[Cl-].[Hf+4]. The minimum Gasteiger partial charge on any atom is -1.00 e. The standard InChI is InChI=1S/C8H9NO.C6H7.C2H6Si.2ClH.Hf/c1-6-3-2-4-7(5-6)8(9)10;1-6-4-2-3-5-6;1-3-2;;;/h2-5H,1H3,(H2,9,10);4-5H,2H2,1H3;1-2H3;2*1H;/q;-1;;;;+4/p-3. The molecular weight excluding hydrogens is 500 g/mol. The molecule has 0 fully saturated rings. The second kappa shape index (κ2) is 18.9. The Morgan fingerprint density at radius 1 is 1.23 bits per heavy atom. The van der Waals surface area contributed by atoms with Crippen molar-refractivity contribution in [1.29, 1.82) is 0 Å². The van der Waals surface area contributed by atoms with Gasteiger partial charge in [-0.2, -0.15) is 6.08 Å². The number of carbonyl (C=O) groups excluding carboxylic acids is 1. The zero-order valence-electron chi connectivity index (χ0n) is 13.3. The van der Waals surface area contributed by atoms with Crippen LogP contribution in [-0.4, -0.2) is 15.4 Å². The van der Waals surface area contributed by atoms with Crippen LogP contribution in [0.2, 0.25) is 13.1 Å². The first-order valence-corrected chi connectivity index (χ1v) is 8.15. The molecule has 118 valence electrons. The normalized spacial score (nSPS) is 10.1. The van der Waals surface area contributed by atoms with Crippen LogP contribution in [0, 0.1) is 13.0 Å². The van der Waals surface area contributed by atoms with Crippen molar-refractivity contribution < 1.29 is 55.5 Å². The summed E-state index contributed by atoms with van der Waals surface area (Å²) in [5.74, 6) is -0.622. The maximum atomic E-state index is 10.5. The van der Waals surface area contributed by atoms with Crippen LogP contribution in [0.25, 0.3) is 5.73 Å². The fourth-order valence-electron chi connectivity index (χ4n) is 1.29. The van der Waals surface area contributed by atoms with Crippen LogP contribution in [0.5, 0.6) is 0 Å². The molecule has 0 aromatic heterocycles. The summed E-state index contributed by atoms with van der Waals surface area (Å²) in [6, 6.07) is 7.02. The molecule has 1 amide bonds. The van der Waals surface area contributed by atoms with Gasteiger partial charge in [-0.05, 0) is 12.5 Å². The summed E-state index contributed by atoms with van der Waals surface area (Å²) in [5.41, 5.74) is 9.59. The third-order valence-electron chi connectivity index (χ3n) is 2.15. The fraction of sp³-hybridized carbons (Fsp3) is 0.312. The van der Waals surface area contributed by atoms with Gasteiger partial charge in [0, 0.05) is 9.52 Å². The first-order chi connectivity index (χ1) is 9.01. The van der Waals surface area contributed by atoms with Crippen LogP contribution in [-0.2, 0) is 25.8 Å². The Kier molecular flexibility index (Phi) is 25.6. The van der Waals surface area contributed by atoms with Crippen LogP contribution in [0.15, 0.2) is 42.0 Å². The molecule has 1 aliphatic rings. The van der Waals surface area contributed by atoms with E-state index in [0.29, 0.717) is 5.56 Å². The van der Waals surface area contributed by atoms with E-state index in [1.807, 2.05) is 19.1 Å². The molecule has 0 heterocycles. The van der Waals surface area contributed by atoms with E-state index in [9.17, 15) is 4.79 Å². The molecule has 0 saturated heterocycles. The number of aryl methyl sites for hydroxylation is 1. The zero-order chi connectivity index (χ0) is 14.7. The van der Waals surface area contributed by atoms with Crippen molar-refractivity contribution in [2.24, 2.45) is 0 Å². The molecule has 2 nitrogen and oxygen atoms in total. The number of nitrogens with one attached hydrogen (secondary N) is 1. The summed E-state index contributed by atoms with van der Waals surface area (Å²) in [6.45, 7) is 8.28. The van der Waals surface area contributed by atoms with E-state index in [1.165, 1.54) is 5.57 Å². The van der Waals surface area contributed by atoms with E-state index in [2.05, 4.69) is 32.2 Å². The van der Waals surface area contributed by atoms with Crippen molar-refractivity contribution in [3.05, 3.63) is 64.9 Å².